The summed E-state index contributed by atoms with van der Waals surface area (Å²) in [5.41, 5.74) is 5.78. The van der Waals surface area contributed by atoms with Crippen molar-refractivity contribution in [3.8, 4) is 5.75 Å². The lowest BCUT2D eigenvalue weighted by atomic mass is 9.75. The van der Waals surface area contributed by atoms with E-state index in [2.05, 4.69) is 63.6 Å². The van der Waals surface area contributed by atoms with E-state index in [1.165, 1.54) is 35.4 Å². The molecule has 0 N–H and O–H groups in total. The molecule has 3 heteroatoms. The van der Waals surface area contributed by atoms with Gasteiger partial charge in [0.2, 0.25) is 0 Å². The van der Waals surface area contributed by atoms with Gasteiger partial charge in [-0.1, -0.05) is 46.8 Å². The van der Waals surface area contributed by atoms with Crippen LogP contribution in [0.4, 0.5) is 0 Å². The van der Waals surface area contributed by atoms with Crippen LogP contribution in [0.15, 0.2) is 24.3 Å². The van der Waals surface area contributed by atoms with Crippen LogP contribution >= 0.6 is 0 Å². The van der Waals surface area contributed by atoms with Crippen molar-refractivity contribution in [2.45, 2.75) is 77.7 Å². The molecule has 26 heavy (non-hydrogen) atoms. The molecule has 3 nitrogen and oxygen atoms in total. The van der Waals surface area contributed by atoms with Crippen molar-refractivity contribution in [1.82, 2.24) is 9.78 Å². The second-order valence-corrected chi connectivity index (χ2v) is 9.87. The minimum absolute atomic E-state index is 0.131. The smallest absolute Gasteiger partial charge is 0.122 e. The first-order valence-electron chi connectivity index (χ1n) is 10.1. The molecule has 1 aromatic carbocycles. The lowest BCUT2D eigenvalue weighted by Gasteiger charge is -2.33. The van der Waals surface area contributed by atoms with Gasteiger partial charge in [0, 0.05) is 24.1 Å². The fourth-order valence-corrected chi connectivity index (χ4v) is 4.48. The monoisotopic (exact) mass is 352 g/mol. The van der Waals surface area contributed by atoms with E-state index in [1.807, 2.05) is 0 Å². The summed E-state index contributed by atoms with van der Waals surface area (Å²) in [6.45, 7) is 13.4. The average Bonchev–Trinajstić information content (AvgIpc) is 3.19. The van der Waals surface area contributed by atoms with Gasteiger partial charge in [0.05, 0.1) is 12.3 Å². The molecule has 0 saturated carbocycles. The Morgan fingerprint density at radius 2 is 1.92 bits per heavy atom. The van der Waals surface area contributed by atoms with E-state index in [-0.39, 0.29) is 10.8 Å². The molecule has 0 saturated heterocycles. The second-order valence-electron chi connectivity index (χ2n) is 9.87. The van der Waals surface area contributed by atoms with E-state index in [4.69, 9.17) is 9.84 Å². The zero-order chi connectivity index (χ0) is 18.5. The Hall–Kier alpha value is -1.77. The normalized spacial score (nSPS) is 19.8. The van der Waals surface area contributed by atoms with E-state index >= 15 is 0 Å². The zero-order valence-corrected chi connectivity index (χ0v) is 16.9. The molecule has 1 unspecified atom stereocenters. The number of ether oxygens (including phenoxy) is 1. The third-order valence-corrected chi connectivity index (χ3v) is 6.14. The molecule has 2 aliphatic heterocycles. The number of hydrogen-bond donors (Lipinski definition) is 0. The number of rotatable bonds is 3. The van der Waals surface area contributed by atoms with Crippen molar-refractivity contribution in [1.29, 1.82) is 0 Å². The lowest BCUT2D eigenvalue weighted by Crippen LogP contribution is -2.28. The van der Waals surface area contributed by atoms with E-state index in [1.54, 1.807) is 0 Å². The van der Waals surface area contributed by atoms with Crippen LogP contribution in [0, 0.1) is 5.92 Å². The Morgan fingerprint density at radius 3 is 2.69 bits per heavy atom. The topological polar surface area (TPSA) is 27.1 Å². The molecular weight excluding hydrogens is 320 g/mol. The molecule has 0 radical (unpaired) electrons. The van der Waals surface area contributed by atoms with Gasteiger partial charge in [0.25, 0.3) is 0 Å². The van der Waals surface area contributed by atoms with Crippen molar-refractivity contribution in [2.75, 3.05) is 6.61 Å². The fourth-order valence-electron chi connectivity index (χ4n) is 4.48. The standard InChI is InChI=1S/C23H32N2O/c1-22(2,3)21-13-19-8-6-16(15-25(19)24-21)14-23(4,5)18-7-9-20-17(12-18)10-11-26-20/h7,9,12-13,16H,6,8,10-11,14-15H2,1-5H3. The van der Waals surface area contributed by atoms with Crippen LogP contribution in [0.3, 0.4) is 0 Å². The number of aromatic nitrogens is 2. The van der Waals surface area contributed by atoms with Crippen LogP contribution in [0.25, 0.3) is 0 Å². The first-order valence-corrected chi connectivity index (χ1v) is 10.1. The molecule has 4 rings (SSSR count). The zero-order valence-electron chi connectivity index (χ0n) is 16.9. The van der Waals surface area contributed by atoms with Gasteiger partial charge in [-0.15, -0.1) is 0 Å². The predicted octanol–water partition coefficient (Wildman–Crippen LogP) is 5.05. The van der Waals surface area contributed by atoms with Crippen molar-refractivity contribution < 1.29 is 4.74 Å². The largest absolute Gasteiger partial charge is 0.493 e. The highest BCUT2D eigenvalue weighted by Gasteiger charge is 2.30. The van der Waals surface area contributed by atoms with Gasteiger partial charge < -0.3 is 4.74 Å². The van der Waals surface area contributed by atoms with Gasteiger partial charge in [-0.25, -0.2) is 0 Å². The summed E-state index contributed by atoms with van der Waals surface area (Å²) in [7, 11) is 0. The van der Waals surface area contributed by atoms with Gasteiger partial charge in [-0.3, -0.25) is 4.68 Å². The summed E-state index contributed by atoms with van der Waals surface area (Å²) in [6, 6.07) is 9.13. The lowest BCUT2D eigenvalue weighted by molar-refractivity contribution is 0.271. The van der Waals surface area contributed by atoms with E-state index in [0.29, 0.717) is 5.92 Å². The number of benzene rings is 1. The van der Waals surface area contributed by atoms with E-state index in [9.17, 15) is 0 Å². The van der Waals surface area contributed by atoms with E-state index in [0.717, 1.165) is 31.7 Å². The van der Waals surface area contributed by atoms with Crippen molar-refractivity contribution >= 4 is 0 Å². The third kappa shape index (κ3) is 3.28. The summed E-state index contributed by atoms with van der Waals surface area (Å²) in [4.78, 5) is 0. The van der Waals surface area contributed by atoms with Crippen molar-refractivity contribution in [3.05, 3.63) is 46.8 Å². The summed E-state index contributed by atoms with van der Waals surface area (Å²) in [6.07, 6.45) is 4.68. The highest BCUT2D eigenvalue weighted by atomic mass is 16.5. The summed E-state index contributed by atoms with van der Waals surface area (Å²) < 4.78 is 7.95. The van der Waals surface area contributed by atoms with Crippen molar-refractivity contribution in [2.24, 2.45) is 5.92 Å². The number of hydrogen-bond acceptors (Lipinski definition) is 2. The van der Waals surface area contributed by atoms with Gasteiger partial charge >= 0.3 is 0 Å². The second kappa shape index (κ2) is 6.14. The van der Waals surface area contributed by atoms with Gasteiger partial charge in [0.1, 0.15) is 5.75 Å². The summed E-state index contributed by atoms with van der Waals surface area (Å²) in [5.74, 6) is 1.77. The molecule has 2 aromatic rings. The van der Waals surface area contributed by atoms with Crippen molar-refractivity contribution in [3.63, 3.8) is 0 Å². The Balaban J connectivity index is 1.50. The number of fused-ring (bicyclic) bond motifs is 2. The van der Waals surface area contributed by atoms with Crippen LogP contribution in [-0.2, 0) is 30.2 Å². The Morgan fingerprint density at radius 1 is 1.12 bits per heavy atom. The first-order chi connectivity index (χ1) is 12.2. The highest BCUT2D eigenvalue weighted by molar-refractivity contribution is 5.42. The average molecular weight is 353 g/mol. The van der Waals surface area contributed by atoms with E-state index < -0.39 is 0 Å². The molecule has 0 aliphatic carbocycles. The van der Waals surface area contributed by atoms with Crippen LogP contribution in [0.2, 0.25) is 0 Å². The van der Waals surface area contributed by atoms with Gasteiger partial charge in [-0.2, -0.15) is 5.10 Å². The fraction of sp³-hybridized carbons (Fsp3) is 0.609. The molecule has 3 heterocycles. The van der Waals surface area contributed by atoms with Crippen LogP contribution in [-0.4, -0.2) is 16.4 Å². The molecule has 2 aliphatic rings. The maximum absolute atomic E-state index is 5.67. The Labute approximate surface area is 157 Å². The molecule has 0 fully saturated rings. The molecule has 1 atom stereocenters. The minimum Gasteiger partial charge on any atom is -0.493 e. The minimum atomic E-state index is 0.131. The summed E-state index contributed by atoms with van der Waals surface area (Å²) in [5, 5.41) is 4.92. The maximum Gasteiger partial charge on any atom is 0.122 e. The summed E-state index contributed by atoms with van der Waals surface area (Å²) >= 11 is 0. The Bertz CT molecular complexity index is 810. The molecule has 0 amide bonds. The molecule has 0 spiro atoms. The highest BCUT2D eigenvalue weighted by Crippen LogP contribution is 2.38. The molecule has 1 aromatic heterocycles. The quantitative estimate of drug-likeness (QED) is 0.773. The van der Waals surface area contributed by atoms with Gasteiger partial charge in [0.15, 0.2) is 0 Å². The Kier molecular flexibility index (Phi) is 4.17. The van der Waals surface area contributed by atoms with Crippen LogP contribution in [0.1, 0.15) is 70.0 Å². The van der Waals surface area contributed by atoms with Crippen LogP contribution < -0.4 is 4.74 Å². The third-order valence-electron chi connectivity index (χ3n) is 6.14. The molecule has 140 valence electrons. The maximum atomic E-state index is 5.67. The van der Waals surface area contributed by atoms with Gasteiger partial charge in [-0.05, 0) is 53.9 Å². The molecule has 0 bridgehead atoms. The van der Waals surface area contributed by atoms with Crippen LogP contribution in [0.5, 0.6) is 5.75 Å². The predicted molar refractivity (Wildman–Crippen MR) is 106 cm³/mol. The molecular formula is C23H32N2O. The first kappa shape index (κ1) is 17.6. The number of aryl methyl sites for hydroxylation is 1. The SMILES string of the molecule is CC(C)(C)c1cc2n(n1)CC(CC(C)(C)c1ccc3c(c1)CCO3)CC2. The number of nitrogens with zero attached hydrogens (tertiary/aromatic N) is 2.